The van der Waals surface area contributed by atoms with Crippen molar-refractivity contribution in [1.29, 1.82) is 0 Å². The minimum atomic E-state index is -1.10. The van der Waals surface area contributed by atoms with Crippen LogP contribution in [-0.2, 0) is 9.47 Å². The molecule has 1 rings (SSSR count). The molecule has 0 unspecified atom stereocenters. The molecule has 0 atom stereocenters. The predicted molar refractivity (Wildman–Crippen MR) is 72.8 cm³/mol. The van der Waals surface area contributed by atoms with Crippen LogP contribution in [0.15, 0.2) is 0 Å². The number of rotatable bonds is 4. The van der Waals surface area contributed by atoms with Gasteiger partial charge in [-0.25, -0.2) is 9.59 Å². The highest BCUT2D eigenvalue weighted by Crippen LogP contribution is 2.18. The van der Waals surface area contributed by atoms with E-state index in [1.54, 1.807) is 4.90 Å². The van der Waals surface area contributed by atoms with Gasteiger partial charge in [-0.2, -0.15) is 0 Å². The third kappa shape index (κ3) is 6.10. The van der Waals surface area contributed by atoms with Crippen molar-refractivity contribution in [1.82, 2.24) is 10.2 Å². The second-order valence-electron chi connectivity index (χ2n) is 5.75. The maximum absolute atomic E-state index is 12.2. The fourth-order valence-electron chi connectivity index (χ4n) is 2.02. The van der Waals surface area contributed by atoms with Crippen molar-refractivity contribution in [3.63, 3.8) is 0 Å². The van der Waals surface area contributed by atoms with E-state index < -0.39 is 17.8 Å². The van der Waals surface area contributed by atoms with Gasteiger partial charge in [0.25, 0.3) is 0 Å². The molecule has 2 N–H and O–H groups in total. The number of carboxylic acid groups (broad SMARTS) is 1. The standard InChI is InChI=1S/C13H24N2O5/c1-13(2,3)20-12(18)15(7-6-14-11(16)17)10-4-8-19-9-5-10/h10,14H,4-9H2,1-3H3,(H,16,17). The van der Waals surface area contributed by atoms with Crippen LogP contribution in [0, 0.1) is 0 Å². The number of ether oxygens (including phenoxy) is 2. The molecule has 0 aromatic heterocycles. The van der Waals surface area contributed by atoms with Crippen molar-refractivity contribution in [3.8, 4) is 0 Å². The molecule has 0 aliphatic carbocycles. The van der Waals surface area contributed by atoms with Gasteiger partial charge in [0.05, 0.1) is 0 Å². The number of carbonyl (C=O) groups is 2. The molecule has 1 aliphatic rings. The summed E-state index contributed by atoms with van der Waals surface area (Å²) < 4.78 is 10.7. The topological polar surface area (TPSA) is 88.1 Å². The molecule has 0 aromatic rings. The molecule has 1 fully saturated rings. The van der Waals surface area contributed by atoms with E-state index in [9.17, 15) is 9.59 Å². The van der Waals surface area contributed by atoms with Crippen molar-refractivity contribution in [2.24, 2.45) is 0 Å². The number of hydrogen-bond acceptors (Lipinski definition) is 4. The Kier molecular flexibility index (Phi) is 6.06. The Morgan fingerprint density at radius 3 is 2.45 bits per heavy atom. The number of amides is 2. The van der Waals surface area contributed by atoms with Crippen molar-refractivity contribution >= 4 is 12.2 Å². The number of carbonyl (C=O) groups excluding carboxylic acids is 1. The molecule has 0 spiro atoms. The highest BCUT2D eigenvalue weighted by Gasteiger charge is 2.29. The monoisotopic (exact) mass is 288 g/mol. The fourth-order valence-corrected chi connectivity index (χ4v) is 2.02. The van der Waals surface area contributed by atoms with Gasteiger partial charge in [-0.05, 0) is 33.6 Å². The summed E-state index contributed by atoms with van der Waals surface area (Å²) in [6.45, 7) is 7.12. The lowest BCUT2D eigenvalue weighted by molar-refractivity contribution is -0.00524. The van der Waals surface area contributed by atoms with Gasteiger partial charge in [0, 0.05) is 32.3 Å². The normalized spacial score (nSPS) is 16.6. The molecule has 2 amide bonds. The lowest BCUT2D eigenvalue weighted by Gasteiger charge is -2.35. The van der Waals surface area contributed by atoms with E-state index in [4.69, 9.17) is 14.6 Å². The van der Waals surface area contributed by atoms with E-state index in [0.29, 0.717) is 19.8 Å². The van der Waals surface area contributed by atoms with Gasteiger partial charge in [-0.1, -0.05) is 0 Å². The molecule has 0 bridgehead atoms. The largest absolute Gasteiger partial charge is 0.465 e. The fraction of sp³-hybridized carbons (Fsp3) is 0.846. The van der Waals surface area contributed by atoms with Crippen LogP contribution >= 0.6 is 0 Å². The second kappa shape index (κ2) is 7.33. The molecular formula is C13H24N2O5. The van der Waals surface area contributed by atoms with Crippen LogP contribution in [0.3, 0.4) is 0 Å². The van der Waals surface area contributed by atoms with Gasteiger partial charge < -0.3 is 24.8 Å². The Balaban J connectivity index is 2.61. The van der Waals surface area contributed by atoms with E-state index in [2.05, 4.69) is 5.32 Å². The lowest BCUT2D eigenvalue weighted by Crippen LogP contribution is -2.48. The van der Waals surface area contributed by atoms with E-state index in [0.717, 1.165) is 12.8 Å². The van der Waals surface area contributed by atoms with Crippen LogP contribution in [0.1, 0.15) is 33.6 Å². The first-order valence-electron chi connectivity index (χ1n) is 6.84. The summed E-state index contributed by atoms with van der Waals surface area (Å²) in [6.07, 6.45) is -0.0174. The first-order chi connectivity index (χ1) is 9.29. The predicted octanol–water partition coefficient (Wildman–Crippen LogP) is 1.67. The smallest absolute Gasteiger partial charge is 0.410 e. The van der Waals surface area contributed by atoms with Crippen LogP contribution in [0.4, 0.5) is 9.59 Å². The maximum atomic E-state index is 12.2. The highest BCUT2D eigenvalue weighted by atomic mass is 16.6. The minimum Gasteiger partial charge on any atom is -0.465 e. The quantitative estimate of drug-likeness (QED) is 0.821. The van der Waals surface area contributed by atoms with Crippen LogP contribution in [0.2, 0.25) is 0 Å². The summed E-state index contributed by atoms with van der Waals surface area (Å²) in [5.74, 6) is 0. The summed E-state index contributed by atoms with van der Waals surface area (Å²) in [5.41, 5.74) is -0.569. The van der Waals surface area contributed by atoms with Crippen LogP contribution < -0.4 is 5.32 Å². The average Bonchev–Trinajstić information content (AvgIpc) is 2.33. The first kappa shape index (κ1) is 16.6. The summed E-state index contributed by atoms with van der Waals surface area (Å²) >= 11 is 0. The Labute approximate surface area is 119 Å². The molecule has 0 aromatic carbocycles. The molecule has 0 radical (unpaired) electrons. The molecule has 1 saturated heterocycles. The van der Waals surface area contributed by atoms with Crippen molar-refractivity contribution in [3.05, 3.63) is 0 Å². The molecular weight excluding hydrogens is 264 g/mol. The average molecular weight is 288 g/mol. The minimum absolute atomic E-state index is 0.0363. The number of nitrogens with one attached hydrogen (secondary N) is 1. The van der Waals surface area contributed by atoms with E-state index in [1.165, 1.54) is 0 Å². The summed E-state index contributed by atoms with van der Waals surface area (Å²) in [7, 11) is 0. The van der Waals surface area contributed by atoms with Crippen molar-refractivity contribution in [2.45, 2.75) is 45.3 Å². The Morgan fingerprint density at radius 1 is 1.35 bits per heavy atom. The van der Waals surface area contributed by atoms with Crippen LogP contribution in [0.5, 0.6) is 0 Å². The summed E-state index contributed by atoms with van der Waals surface area (Å²) in [6, 6.07) is 0.0363. The van der Waals surface area contributed by atoms with Gasteiger partial charge in [0.1, 0.15) is 5.60 Å². The molecule has 20 heavy (non-hydrogen) atoms. The zero-order valence-corrected chi connectivity index (χ0v) is 12.3. The molecule has 0 saturated carbocycles. The number of hydrogen-bond donors (Lipinski definition) is 2. The third-order valence-electron chi connectivity index (χ3n) is 2.89. The van der Waals surface area contributed by atoms with Gasteiger partial charge >= 0.3 is 12.2 Å². The third-order valence-corrected chi connectivity index (χ3v) is 2.89. The number of nitrogens with zero attached hydrogens (tertiary/aromatic N) is 1. The molecule has 1 aliphatic heterocycles. The molecule has 7 heteroatoms. The summed E-state index contributed by atoms with van der Waals surface area (Å²) in [4.78, 5) is 24.3. The SMILES string of the molecule is CC(C)(C)OC(=O)N(CCNC(=O)O)C1CCOCC1. The Morgan fingerprint density at radius 2 is 1.95 bits per heavy atom. The molecule has 116 valence electrons. The Hall–Kier alpha value is -1.50. The van der Waals surface area contributed by atoms with Crippen molar-refractivity contribution in [2.75, 3.05) is 26.3 Å². The van der Waals surface area contributed by atoms with Crippen LogP contribution in [-0.4, -0.2) is 60.1 Å². The first-order valence-corrected chi connectivity index (χ1v) is 6.84. The molecule has 1 heterocycles. The van der Waals surface area contributed by atoms with E-state index >= 15 is 0 Å². The highest BCUT2D eigenvalue weighted by molar-refractivity contribution is 5.69. The Bertz CT molecular complexity index is 334. The van der Waals surface area contributed by atoms with Crippen molar-refractivity contribution < 1.29 is 24.2 Å². The van der Waals surface area contributed by atoms with E-state index in [1.807, 2.05) is 20.8 Å². The maximum Gasteiger partial charge on any atom is 0.410 e. The van der Waals surface area contributed by atoms with Gasteiger partial charge in [-0.15, -0.1) is 0 Å². The molecule has 7 nitrogen and oxygen atoms in total. The second-order valence-corrected chi connectivity index (χ2v) is 5.75. The lowest BCUT2D eigenvalue weighted by atomic mass is 10.1. The summed E-state index contributed by atoms with van der Waals surface area (Å²) in [5, 5.41) is 10.9. The van der Waals surface area contributed by atoms with Gasteiger partial charge in [-0.3, -0.25) is 0 Å². The van der Waals surface area contributed by atoms with Gasteiger partial charge in [0.2, 0.25) is 0 Å². The van der Waals surface area contributed by atoms with Gasteiger partial charge in [0.15, 0.2) is 0 Å². The zero-order chi connectivity index (χ0) is 15.2. The van der Waals surface area contributed by atoms with E-state index in [-0.39, 0.29) is 12.6 Å². The van der Waals surface area contributed by atoms with Crippen LogP contribution in [0.25, 0.3) is 0 Å². The zero-order valence-electron chi connectivity index (χ0n) is 12.3.